The van der Waals surface area contributed by atoms with Crippen LogP contribution in [0.3, 0.4) is 0 Å². The molecule has 0 aliphatic carbocycles. The quantitative estimate of drug-likeness (QED) is 0.847. The summed E-state index contributed by atoms with van der Waals surface area (Å²) in [6.07, 6.45) is 2.46. The molecule has 1 unspecified atom stereocenters. The van der Waals surface area contributed by atoms with E-state index in [2.05, 4.69) is 15.5 Å². The molecule has 0 spiro atoms. The smallest absolute Gasteiger partial charge is 0.253 e. The fourth-order valence-corrected chi connectivity index (χ4v) is 2.77. The van der Waals surface area contributed by atoms with Crippen LogP contribution >= 0.6 is 0 Å². The van der Waals surface area contributed by atoms with Crippen molar-refractivity contribution in [2.75, 3.05) is 31.5 Å². The van der Waals surface area contributed by atoms with Gasteiger partial charge in [0, 0.05) is 19.1 Å². The zero-order chi connectivity index (χ0) is 15.2. The highest BCUT2D eigenvalue weighted by Gasteiger charge is 2.19. The highest BCUT2D eigenvalue weighted by Crippen LogP contribution is 2.19. The number of anilines is 1. The van der Waals surface area contributed by atoms with Crippen LogP contribution in [-0.2, 0) is 0 Å². The third kappa shape index (κ3) is 4.17. The third-order valence-electron chi connectivity index (χ3n) is 3.72. The number of nitrogens with zero attached hydrogens (tertiary/aromatic N) is 1. The normalized spacial score (nSPS) is 16.7. The number of likely N-dealkylation sites (tertiary alicyclic amines) is 1. The van der Waals surface area contributed by atoms with Crippen molar-refractivity contribution in [1.29, 1.82) is 0 Å². The Balaban J connectivity index is 2.00. The van der Waals surface area contributed by atoms with Crippen LogP contribution in [0.1, 0.15) is 37.0 Å². The van der Waals surface area contributed by atoms with Gasteiger partial charge in [-0.05, 0) is 51.9 Å². The van der Waals surface area contributed by atoms with Crippen LogP contribution < -0.4 is 10.6 Å². The number of nitrogens with one attached hydrogen (secondary N) is 2. The number of carbonyl (C=O) groups is 1. The largest absolute Gasteiger partial charge is 0.382 e. The molecule has 5 heteroatoms. The lowest BCUT2D eigenvalue weighted by Crippen LogP contribution is -2.41. The molecule has 1 fully saturated rings. The van der Waals surface area contributed by atoms with Crippen molar-refractivity contribution in [1.82, 2.24) is 10.2 Å². The van der Waals surface area contributed by atoms with E-state index in [0.29, 0.717) is 12.1 Å². The molecule has 116 valence electrons. The van der Waals surface area contributed by atoms with Gasteiger partial charge >= 0.3 is 0 Å². The van der Waals surface area contributed by atoms with Crippen LogP contribution in [0.4, 0.5) is 10.1 Å². The summed E-state index contributed by atoms with van der Waals surface area (Å²) >= 11 is 0. The Morgan fingerprint density at radius 2 is 2.10 bits per heavy atom. The molecule has 2 rings (SSSR count). The van der Waals surface area contributed by atoms with Gasteiger partial charge in [0.25, 0.3) is 5.91 Å². The van der Waals surface area contributed by atoms with E-state index < -0.39 is 5.82 Å². The summed E-state index contributed by atoms with van der Waals surface area (Å²) in [5.41, 5.74) is 0.649. The molecular weight excluding hydrogens is 269 g/mol. The summed E-state index contributed by atoms with van der Waals surface area (Å²) in [7, 11) is 0. The van der Waals surface area contributed by atoms with E-state index in [-0.39, 0.29) is 17.6 Å². The van der Waals surface area contributed by atoms with Gasteiger partial charge in [-0.25, -0.2) is 4.39 Å². The second-order valence-corrected chi connectivity index (χ2v) is 5.57. The maximum atomic E-state index is 13.8. The Labute approximate surface area is 125 Å². The summed E-state index contributed by atoms with van der Waals surface area (Å²) in [5, 5.41) is 5.89. The Morgan fingerprint density at radius 3 is 2.76 bits per heavy atom. The van der Waals surface area contributed by atoms with Crippen molar-refractivity contribution in [3.8, 4) is 0 Å². The third-order valence-corrected chi connectivity index (χ3v) is 3.72. The standard InChI is InChI=1S/C16H24FN3O/c1-3-18-15-13(7-6-8-14(15)17)16(21)19-12(2)11-20-9-4-5-10-20/h6-8,12,18H,3-5,9-11H2,1-2H3,(H,19,21). The number of amides is 1. The second kappa shape index (κ2) is 7.41. The average Bonchev–Trinajstić information content (AvgIpc) is 2.93. The summed E-state index contributed by atoms with van der Waals surface area (Å²) in [6.45, 7) is 7.49. The number of carbonyl (C=O) groups excluding carboxylic acids is 1. The molecule has 1 atom stereocenters. The second-order valence-electron chi connectivity index (χ2n) is 5.57. The van der Waals surface area contributed by atoms with E-state index in [4.69, 9.17) is 0 Å². The molecule has 1 heterocycles. The summed E-state index contributed by atoms with van der Waals surface area (Å²) in [6, 6.07) is 4.63. The molecule has 2 N–H and O–H groups in total. The Kier molecular flexibility index (Phi) is 5.56. The van der Waals surface area contributed by atoms with Gasteiger partial charge in [-0.15, -0.1) is 0 Å². The highest BCUT2D eigenvalue weighted by atomic mass is 19.1. The van der Waals surface area contributed by atoms with Gasteiger partial charge in [0.05, 0.1) is 11.3 Å². The Bertz CT molecular complexity index is 486. The van der Waals surface area contributed by atoms with E-state index in [1.807, 2.05) is 13.8 Å². The first-order valence-corrected chi connectivity index (χ1v) is 7.67. The van der Waals surface area contributed by atoms with Crippen LogP contribution in [0.25, 0.3) is 0 Å². The number of hydrogen-bond donors (Lipinski definition) is 2. The van der Waals surface area contributed by atoms with E-state index in [1.165, 1.54) is 18.9 Å². The molecule has 1 aliphatic heterocycles. The molecular formula is C16H24FN3O. The van der Waals surface area contributed by atoms with E-state index in [0.717, 1.165) is 19.6 Å². The van der Waals surface area contributed by atoms with Crippen molar-refractivity contribution in [2.24, 2.45) is 0 Å². The van der Waals surface area contributed by atoms with Gasteiger partial charge in [0.2, 0.25) is 0 Å². The zero-order valence-corrected chi connectivity index (χ0v) is 12.8. The van der Waals surface area contributed by atoms with Gasteiger partial charge in [0.15, 0.2) is 0 Å². The van der Waals surface area contributed by atoms with Crippen LogP contribution in [0.2, 0.25) is 0 Å². The minimum absolute atomic E-state index is 0.0494. The van der Waals surface area contributed by atoms with Crippen LogP contribution in [0, 0.1) is 5.82 Å². The molecule has 1 aromatic rings. The predicted molar refractivity (Wildman–Crippen MR) is 83.2 cm³/mol. The van der Waals surface area contributed by atoms with Crippen molar-refractivity contribution in [2.45, 2.75) is 32.7 Å². The van der Waals surface area contributed by atoms with Crippen molar-refractivity contribution >= 4 is 11.6 Å². The van der Waals surface area contributed by atoms with Crippen molar-refractivity contribution in [3.63, 3.8) is 0 Å². The van der Waals surface area contributed by atoms with Gasteiger partial charge in [-0.1, -0.05) is 6.07 Å². The minimum Gasteiger partial charge on any atom is -0.382 e. The minimum atomic E-state index is -0.392. The highest BCUT2D eigenvalue weighted by molar-refractivity contribution is 5.99. The molecule has 1 aliphatic rings. The number of rotatable bonds is 6. The molecule has 1 amide bonds. The topological polar surface area (TPSA) is 44.4 Å². The maximum absolute atomic E-state index is 13.8. The molecule has 0 bridgehead atoms. The number of benzene rings is 1. The van der Waals surface area contributed by atoms with Gasteiger partial charge < -0.3 is 15.5 Å². The lowest BCUT2D eigenvalue weighted by molar-refractivity contribution is 0.0932. The first-order valence-electron chi connectivity index (χ1n) is 7.67. The summed E-state index contributed by atoms with van der Waals surface area (Å²) in [5.74, 6) is -0.617. The Morgan fingerprint density at radius 1 is 1.38 bits per heavy atom. The number of halogens is 1. The fraction of sp³-hybridized carbons (Fsp3) is 0.562. The number of para-hydroxylation sites is 1. The molecule has 4 nitrogen and oxygen atoms in total. The average molecular weight is 293 g/mol. The van der Waals surface area contributed by atoms with Crippen LogP contribution in [0.5, 0.6) is 0 Å². The monoisotopic (exact) mass is 293 g/mol. The number of hydrogen-bond acceptors (Lipinski definition) is 3. The van der Waals surface area contributed by atoms with Crippen molar-refractivity contribution in [3.05, 3.63) is 29.6 Å². The van der Waals surface area contributed by atoms with Crippen LogP contribution in [0.15, 0.2) is 18.2 Å². The molecule has 0 saturated carbocycles. The first kappa shape index (κ1) is 15.8. The maximum Gasteiger partial charge on any atom is 0.253 e. The summed E-state index contributed by atoms with van der Waals surface area (Å²) in [4.78, 5) is 14.7. The fourth-order valence-electron chi connectivity index (χ4n) is 2.77. The van der Waals surface area contributed by atoms with E-state index >= 15 is 0 Å². The molecule has 0 aromatic heterocycles. The molecule has 0 radical (unpaired) electrons. The predicted octanol–water partition coefficient (Wildman–Crippen LogP) is 2.47. The zero-order valence-electron chi connectivity index (χ0n) is 12.8. The van der Waals surface area contributed by atoms with E-state index in [1.54, 1.807) is 12.1 Å². The van der Waals surface area contributed by atoms with Crippen molar-refractivity contribution < 1.29 is 9.18 Å². The van der Waals surface area contributed by atoms with Gasteiger partial charge in [-0.3, -0.25) is 4.79 Å². The molecule has 1 aromatic carbocycles. The molecule has 21 heavy (non-hydrogen) atoms. The lowest BCUT2D eigenvalue weighted by atomic mass is 10.1. The Hall–Kier alpha value is -1.62. The SMILES string of the molecule is CCNc1c(F)cccc1C(=O)NC(C)CN1CCCC1. The van der Waals surface area contributed by atoms with Gasteiger partial charge in [0.1, 0.15) is 5.82 Å². The van der Waals surface area contributed by atoms with Crippen LogP contribution in [-0.4, -0.2) is 43.0 Å². The first-order chi connectivity index (χ1) is 10.1. The molecule has 1 saturated heterocycles. The summed E-state index contributed by atoms with van der Waals surface area (Å²) < 4.78 is 13.8. The van der Waals surface area contributed by atoms with Gasteiger partial charge in [-0.2, -0.15) is 0 Å². The lowest BCUT2D eigenvalue weighted by Gasteiger charge is -2.22. The van der Waals surface area contributed by atoms with E-state index in [9.17, 15) is 9.18 Å².